The van der Waals surface area contributed by atoms with Gasteiger partial charge >= 0.3 is 0 Å². The Morgan fingerprint density at radius 3 is 2.69 bits per heavy atom. The van der Waals surface area contributed by atoms with E-state index in [0.717, 1.165) is 12.1 Å². The topological polar surface area (TPSA) is 65.9 Å². The molecular weight excluding hydrogens is 333 g/mol. The molecule has 26 heavy (non-hydrogen) atoms. The number of aliphatic imine (C=N–C) groups is 1. The van der Waals surface area contributed by atoms with E-state index in [1.165, 1.54) is 12.1 Å². The van der Waals surface area contributed by atoms with E-state index in [1.54, 1.807) is 12.1 Å². The summed E-state index contributed by atoms with van der Waals surface area (Å²) in [5, 5.41) is 16.5. The second-order valence-corrected chi connectivity index (χ2v) is 5.71. The number of hydrogen-bond donors (Lipinski definition) is 3. The van der Waals surface area contributed by atoms with Crippen molar-refractivity contribution in [3.63, 3.8) is 0 Å². The van der Waals surface area contributed by atoms with Crippen LogP contribution >= 0.6 is 0 Å². The smallest absolute Gasteiger partial charge is 0.191 e. The lowest BCUT2D eigenvalue weighted by atomic mass is 10.1. The number of guanidine groups is 1. The second-order valence-electron chi connectivity index (χ2n) is 5.71. The van der Waals surface area contributed by atoms with Crippen molar-refractivity contribution in [2.75, 3.05) is 26.2 Å². The quantitative estimate of drug-likeness (QED) is 0.366. The molecule has 0 spiro atoms. The van der Waals surface area contributed by atoms with Crippen molar-refractivity contribution < 1.29 is 14.2 Å². The lowest BCUT2D eigenvalue weighted by molar-refractivity contribution is 0.170. The molecule has 1 unspecified atom stereocenters. The SMILES string of the molecule is CCNC(=NCCC(O)c1ccccc1)NCCOc1cccc(F)c1. The first-order chi connectivity index (χ1) is 12.7. The number of halogens is 1. The van der Waals surface area contributed by atoms with E-state index in [0.29, 0.717) is 37.8 Å². The van der Waals surface area contributed by atoms with E-state index >= 15 is 0 Å². The predicted molar refractivity (Wildman–Crippen MR) is 102 cm³/mol. The number of nitrogens with one attached hydrogen (secondary N) is 2. The van der Waals surface area contributed by atoms with Gasteiger partial charge in [-0.15, -0.1) is 0 Å². The first-order valence-electron chi connectivity index (χ1n) is 8.82. The zero-order valence-corrected chi connectivity index (χ0v) is 15.0. The van der Waals surface area contributed by atoms with E-state index in [2.05, 4.69) is 15.6 Å². The number of hydrogen-bond acceptors (Lipinski definition) is 3. The molecule has 2 aromatic carbocycles. The summed E-state index contributed by atoms with van der Waals surface area (Å²) in [7, 11) is 0. The fraction of sp³-hybridized carbons (Fsp3) is 0.350. The molecule has 0 radical (unpaired) electrons. The van der Waals surface area contributed by atoms with E-state index in [4.69, 9.17) is 4.74 Å². The molecule has 2 aromatic rings. The van der Waals surface area contributed by atoms with Crippen molar-refractivity contribution in [2.24, 2.45) is 4.99 Å². The van der Waals surface area contributed by atoms with Gasteiger partial charge in [0, 0.05) is 19.2 Å². The van der Waals surface area contributed by atoms with Crippen molar-refractivity contribution in [3.8, 4) is 5.75 Å². The highest BCUT2D eigenvalue weighted by atomic mass is 19.1. The van der Waals surface area contributed by atoms with Crippen LogP contribution in [0, 0.1) is 5.82 Å². The van der Waals surface area contributed by atoms with Crippen LogP contribution in [-0.4, -0.2) is 37.3 Å². The Kier molecular flexibility index (Phi) is 8.42. The molecule has 1 atom stereocenters. The molecule has 0 saturated heterocycles. The van der Waals surface area contributed by atoms with E-state index in [1.807, 2.05) is 37.3 Å². The highest BCUT2D eigenvalue weighted by Crippen LogP contribution is 2.15. The highest BCUT2D eigenvalue weighted by Gasteiger charge is 2.06. The van der Waals surface area contributed by atoms with E-state index in [-0.39, 0.29) is 5.82 Å². The molecule has 0 saturated carbocycles. The van der Waals surface area contributed by atoms with Crippen LogP contribution in [0.3, 0.4) is 0 Å². The molecule has 0 heterocycles. The summed E-state index contributed by atoms with van der Waals surface area (Å²) in [6.07, 6.45) is 0.0135. The zero-order valence-electron chi connectivity index (χ0n) is 15.0. The van der Waals surface area contributed by atoms with Crippen molar-refractivity contribution in [2.45, 2.75) is 19.4 Å². The molecule has 0 amide bonds. The van der Waals surface area contributed by atoms with Crippen molar-refractivity contribution in [1.82, 2.24) is 10.6 Å². The molecular formula is C20H26FN3O2. The van der Waals surface area contributed by atoms with Gasteiger partial charge in [0.05, 0.1) is 12.6 Å². The van der Waals surface area contributed by atoms with Gasteiger partial charge in [0.15, 0.2) is 5.96 Å². The molecule has 6 heteroatoms. The van der Waals surface area contributed by atoms with Gasteiger partial charge in [-0.2, -0.15) is 0 Å². The van der Waals surface area contributed by atoms with Crippen LogP contribution in [0.2, 0.25) is 0 Å². The maximum absolute atomic E-state index is 13.1. The molecule has 140 valence electrons. The Labute approximate surface area is 153 Å². The molecule has 0 aliphatic rings. The summed E-state index contributed by atoms with van der Waals surface area (Å²) in [5.41, 5.74) is 0.893. The second kappa shape index (κ2) is 11.1. The average Bonchev–Trinajstić information content (AvgIpc) is 2.66. The molecule has 0 aliphatic carbocycles. The summed E-state index contributed by atoms with van der Waals surface area (Å²) in [4.78, 5) is 4.46. The zero-order chi connectivity index (χ0) is 18.6. The minimum atomic E-state index is -0.529. The van der Waals surface area contributed by atoms with Gasteiger partial charge in [-0.25, -0.2) is 4.39 Å². The van der Waals surface area contributed by atoms with Crippen LogP contribution in [0.1, 0.15) is 25.0 Å². The fourth-order valence-electron chi connectivity index (χ4n) is 2.38. The Hall–Kier alpha value is -2.60. The van der Waals surface area contributed by atoms with Crippen LogP contribution in [0.4, 0.5) is 4.39 Å². The monoisotopic (exact) mass is 359 g/mol. The average molecular weight is 359 g/mol. The number of aliphatic hydroxyl groups excluding tert-OH is 1. The van der Waals surface area contributed by atoms with E-state index < -0.39 is 6.10 Å². The van der Waals surface area contributed by atoms with Crippen LogP contribution in [0.5, 0.6) is 5.75 Å². The van der Waals surface area contributed by atoms with Crippen molar-refractivity contribution >= 4 is 5.96 Å². The normalized spacial score (nSPS) is 12.5. The van der Waals surface area contributed by atoms with Crippen LogP contribution in [0.15, 0.2) is 59.6 Å². The number of benzene rings is 2. The standard InChI is InChI=1S/C20H26FN3O2/c1-2-22-20(23-12-11-19(25)16-7-4-3-5-8-16)24-13-14-26-18-10-6-9-17(21)15-18/h3-10,15,19,25H,2,11-14H2,1H3,(H2,22,23,24). The molecule has 0 fully saturated rings. The van der Waals surface area contributed by atoms with Crippen LogP contribution < -0.4 is 15.4 Å². The minimum absolute atomic E-state index is 0.317. The molecule has 0 bridgehead atoms. The lowest BCUT2D eigenvalue weighted by Crippen LogP contribution is -2.39. The Bertz CT molecular complexity index is 680. The Morgan fingerprint density at radius 2 is 1.96 bits per heavy atom. The Balaban J connectivity index is 1.73. The molecule has 2 rings (SSSR count). The fourth-order valence-corrected chi connectivity index (χ4v) is 2.38. The molecule has 0 aliphatic heterocycles. The Morgan fingerprint density at radius 1 is 1.15 bits per heavy atom. The third kappa shape index (κ3) is 7.11. The third-order valence-electron chi connectivity index (χ3n) is 3.66. The van der Waals surface area contributed by atoms with Gasteiger partial charge < -0.3 is 20.5 Å². The summed E-state index contributed by atoms with van der Waals surface area (Å²) in [5.74, 6) is 0.845. The number of nitrogens with zero attached hydrogens (tertiary/aromatic N) is 1. The summed E-state index contributed by atoms with van der Waals surface area (Å²) < 4.78 is 18.6. The van der Waals surface area contributed by atoms with Gasteiger partial charge in [0.1, 0.15) is 18.2 Å². The summed E-state index contributed by atoms with van der Waals surface area (Å²) >= 11 is 0. The first-order valence-corrected chi connectivity index (χ1v) is 8.82. The van der Waals surface area contributed by atoms with Gasteiger partial charge in [-0.05, 0) is 31.0 Å². The van der Waals surface area contributed by atoms with Gasteiger partial charge in [0.25, 0.3) is 0 Å². The molecule has 5 nitrogen and oxygen atoms in total. The first kappa shape index (κ1) is 19.7. The predicted octanol–water partition coefficient (Wildman–Crippen LogP) is 2.88. The highest BCUT2D eigenvalue weighted by molar-refractivity contribution is 5.79. The van der Waals surface area contributed by atoms with Gasteiger partial charge in [-0.3, -0.25) is 4.99 Å². The van der Waals surface area contributed by atoms with Gasteiger partial charge in [-0.1, -0.05) is 36.4 Å². The molecule has 3 N–H and O–H groups in total. The molecule has 0 aromatic heterocycles. The van der Waals surface area contributed by atoms with E-state index in [9.17, 15) is 9.50 Å². The number of rotatable bonds is 9. The largest absolute Gasteiger partial charge is 0.492 e. The maximum Gasteiger partial charge on any atom is 0.191 e. The number of aliphatic hydroxyl groups is 1. The van der Waals surface area contributed by atoms with Gasteiger partial charge in [0.2, 0.25) is 0 Å². The minimum Gasteiger partial charge on any atom is -0.492 e. The summed E-state index contributed by atoms with van der Waals surface area (Å²) in [6, 6.07) is 15.6. The third-order valence-corrected chi connectivity index (χ3v) is 3.66. The lowest BCUT2D eigenvalue weighted by Gasteiger charge is -2.13. The number of ether oxygens (including phenoxy) is 1. The van der Waals surface area contributed by atoms with Crippen LogP contribution in [-0.2, 0) is 0 Å². The summed E-state index contributed by atoms with van der Waals surface area (Å²) in [6.45, 7) is 4.14. The van der Waals surface area contributed by atoms with Crippen molar-refractivity contribution in [1.29, 1.82) is 0 Å². The maximum atomic E-state index is 13.1. The van der Waals surface area contributed by atoms with Crippen LogP contribution in [0.25, 0.3) is 0 Å². The van der Waals surface area contributed by atoms with Crippen molar-refractivity contribution in [3.05, 3.63) is 66.0 Å².